The van der Waals surface area contributed by atoms with Gasteiger partial charge in [-0.25, -0.2) is 0 Å². The van der Waals surface area contributed by atoms with E-state index in [1.807, 2.05) is 33.7 Å². The van der Waals surface area contributed by atoms with Gasteiger partial charge in [-0.05, 0) is 60.6 Å². The molecule has 0 bridgehead atoms. The number of pyridine rings is 1. The Kier molecular flexibility index (Phi) is 3.81. The number of carbonyl (C=O) groups excluding carboxylic acids is 1. The van der Waals surface area contributed by atoms with Crippen LogP contribution in [0.25, 0.3) is 16.1 Å². The number of thiophene rings is 1. The van der Waals surface area contributed by atoms with E-state index in [9.17, 15) is 4.79 Å². The van der Waals surface area contributed by atoms with E-state index < -0.39 is 0 Å². The molecule has 1 aliphatic carbocycles. The number of hydrogen-bond donors (Lipinski definition) is 0. The molecule has 1 fully saturated rings. The van der Waals surface area contributed by atoms with Crippen LogP contribution in [0, 0.1) is 0 Å². The first-order chi connectivity index (χ1) is 14.3. The number of fused-ring (bicyclic) bond motifs is 4. The Labute approximate surface area is 172 Å². The van der Waals surface area contributed by atoms with Crippen LogP contribution in [0.2, 0.25) is 0 Å². The number of aryl methyl sites for hydroxylation is 2. The van der Waals surface area contributed by atoms with Gasteiger partial charge in [0.25, 0.3) is 5.91 Å². The van der Waals surface area contributed by atoms with Crippen LogP contribution in [0.5, 0.6) is 0 Å². The molecule has 5 nitrogen and oxygen atoms in total. The Bertz CT molecular complexity index is 1240. The number of benzene rings is 1. The van der Waals surface area contributed by atoms with Crippen molar-refractivity contribution in [3.8, 4) is 10.4 Å². The zero-order valence-electron chi connectivity index (χ0n) is 15.9. The molecule has 4 aromatic rings. The standard InChI is InChI=1S/C23H20N4OS/c28-23(19-14-16-11-10-15-6-1-2-7-17(15)21(16)29-19)26-13-5-8-18(26)22-25-24-20-9-3-4-12-27(20)22/h1-4,6-7,9,12,14,18H,5,8,10-11,13H2/t18-/m0/s1. The summed E-state index contributed by atoms with van der Waals surface area (Å²) in [4.78, 5) is 17.6. The van der Waals surface area contributed by atoms with Gasteiger partial charge in [0.2, 0.25) is 0 Å². The summed E-state index contributed by atoms with van der Waals surface area (Å²) in [5, 5.41) is 8.71. The molecule has 6 rings (SSSR count). The SMILES string of the molecule is O=C(c1cc2c(s1)-c1ccccc1CC2)N1CCC[C@H]1c1nnc2ccccn12. The molecule has 0 unspecified atom stereocenters. The molecule has 144 valence electrons. The fourth-order valence-corrected chi connectivity index (χ4v) is 5.91. The number of aromatic nitrogens is 3. The monoisotopic (exact) mass is 400 g/mol. The minimum atomic E-state index is -0.0219. The number of nitrogens with zero attached hydrogens (tertiary/aromatic N) is 4. The fraction of sp³-hybridized carbons (Fsp3) is 0.261. The number of amides is 1. The van der Waals surface area contributed by atoms with Gasteiger partial charge in [0.15, 0.2) is 11.5 Å². The van der Waals surface area contributed by atoms with Gasteiger partial charge in [-0.15, -0.1) is 21.5 Å². The minimum absolute atomic E-state index is 0.0219. The second-order valence-corrected chi connectivity index (χ2v) is 8.82. The van der Waals surface area contributed by atoms with Crippen molar-refractivity contribution in [1.82, 2.24) is 19.5 Å². The molecule has 1 saturated heterocycles. The first-order valence-corrected chi connectivity index (χ1v) is 10.9. The van der Waals surface area contributed by atoms with Gasteiger partial charge in [0.1, 0.15) is 0 Å². The van der Waals surface area contributed by atoms with Gasteiger partial charge in [-0.3, -0.25) is 9.20 Å². The van der Waals surface area contributed by atoms with Gasteiger partial charge >= 0.3 is 0 Å². The van der Waals surface area contributed by atoms with Crippen LogP contribution in [0.3, 0.4) is 0 Å². The van der Waals surface area contributed by atoms with Crippen molar-refractivity contribution >= 4 is 22.9 Å². The number of hydrogen-bond acceptors (Lipinski definition) is 4. The second-order valence-electron chi connectivity index (χ2n) is 7.77. The van der Waals surface area contributed by atoms with E-state index >= 15 is 0 Å². The van der Waals surface area contributed by atoms with Crippen molar-refractivity contribution in [2.45, 2.75) is 31.7 Å². The first kappa shape index (κ1) is 16.9. The van der Waals surface area contributed by atoms with E-state index in [-0.39, 0.29) is 11.9 Å². The zero-order valence-corrected chi connectivity index (χ0v) is 16.7. The lowest BCUT2D eigenvalue weighted by atomic mass is 9.91. The van der Waals surface area contributed by atoms with Crippen molar-refractivity contribution in [2.75, 3.05) is 6.54 Å². The molecule has 0 spiro atoms. The Balaban J connectivity index is 1.36. The Morgan fingerprint density at radius 3 is 2.86 bits per heavy atom. The maximum absolute atomic E-state index is 13.5. The molecular weight excluding hydrogens is 380 g/mol. The maximum atomic E-state index is 13.5. The average Bonchev–Trinajstić information content (AvgIpc) is 3.50. The molecule has 6 heteroatoms. The van der Waals surface area contributed by atoms with Crippen LogP contribution < -0.4 is 0 Å². The predicted octanol–water partition coefficient (Wildman–Crippen LogP) is 4.53. The van der Waals surface area contributed by atoms with Crippen molar-refractivity contribution < 1.29 is 4.79 Å². The molecule has 1 amide bonds. The van der Waals surface area contributed by atoms with E-state index in [0.29, 0.717) is 0 Å². The molecule has 1 aliphatic heterocycles. The van der Waals surface area contributed by atoms with Crippen molar-refractivity contribution in [3.63, 3.8) is 0 Å². The molecule has 1 atom stereocenters. The van der Waals surface area contributed by atoms with Crippen LogP contribution in [-0.2, 0) is 12.8 Å². The van der Waals surface area contributed by atoms with E-state index in [4.69, 9.17) is 0 Å². The van der Waals surface area contributed by atoms with Crippen LogP contribution in [0.1, 0.15) is 45.5 Å². The largest absolute Gasteiger partial charge is 0.328 e. The van der Waals surface area contributed by atoms with Gasteiger partial charge in [0, 0.05) is 17.6 Å². The van der Waals surface area contributed by atoms with Crippen LogP contribution in [-0.4, -0.2) is 31.9 Å². The zero-order chi connectivity index (χ0) is 19.4. The van der Waals surface area contributed by atoms with Crippen molar-refractivity contribution in [3.05, 3.63) is 76.6 Å². The van der Waals surface area contributed by atoms with Gasteiger partial charge in [-0.2, -0.15) is 0 Å². The Morgan fingerprint density at radius 1 is 1.03 bits per heavy atom. The molecule has 3 aromatic heterocycles. The summed E-state index contributed by atoms with van der Waals surface area (Å²) in [5.74, 6) is 0.982. The summed E-state index contributed by atoms with van der Waals surface area (Å²) in [7, 11) is 0. The highest BCUT2D eigenvalue weighted by molar-refractivity contribution is 7.17. The summed E-state index contributed by atoms with van der Waals surface area (Å²) < 4.78 is 2.01. The molecule has 1 aromatic carbocycles. The lowest BCUT2D eigenvalue weighted by molar-refractivity contribution is 0.0734. The third-order valence-corrected chi connectivity index (χ3v) is 7.30. The van der Waals surface area contributed by atoms with Gasteiger partial charge < -0.3 is 4.90 Å². The summed E-state index contributed by atoms with van der Waals surface area (Å²) in [5.41, 5.74) is 4.81. The number of likely N-dealkylation sites (tertiary alicyclic amines) is 1. The minimum Gasteiger partial charge on any atom is -0.328 e. The molecule has 2 aliphatic rings. The van der Waals surface area contributed by atoms with E-state index in [2.05, 4.69) is 40.5 Å². The van der Waals surface area contributed by atoms with Crippen LogP contribution in [0.15, 0.2) is 54.7 Å². The predicted molar refractivity (Wildman–Crippen MR) is 113 cm³/mol. The van der Waals surface area contributed by atoms with E-state index in [1.54, 1.807) is 11.3 Å². The van der Waals surface area contributed by atoms with Gasteiger partial charge in [-0.1, -0.05) is 30.3 Å². The van der Waals surface area contributed by atoms with Gasteiger partial charge in [0.05, 0.1) is 10.9 Å². The first-order valence-electron chi connectivity index (χ1n) is 10.1. The fourth-order valence-electron chi connectivity index (χ4n) is 4.68. The maximum Gasteiger partial charge on any atom is 0.264 e. The molecular formula is C23H20N4OS. The quantitative estimate of drug-likeness (QED) is 0.497. The lowest BCUT2D eigenvalue weighted by Crippen LogP contribution is -2.31. The summed E-state index contributed by atoms with van der Waals surface area (Å²) in [6.07, 6.45) is 5.95. The smallest absolute Gasteiger partial charge is 0.264 e. The highest BCUT2D eigenvalue weighted by Crippen LogP contribution is 2.41. The van der Waals surface area contributed by atoms with E-state index in [1.165, 1.54) is 21.6 Å². The molecule has 0 N–H and O–H groups in total. The van der Waals surface area contributed by atoms with Crippen molar-refractivity contribution in [1.29, 1.82) is 0 Å². The molecule has 0 saturated carbocycles. The molecule has 0 radical (unpaired) electrons. The molecule has 4 heterocycles. The lowest BCUT2D eigenvalue weighted by Gasteiger charge is -2.22. The third kappa shape index (κ3) is 2.63. The highest BCUT2D eigenvalue weighted by Gasteiger charge is 2.35. The van der Waals surface area contributed by atoms with Crippen LogP contribution in [0.4, 0.5) is 0 Å². The highest BCUT2D eigenvalue weighted by atomic mass is 32.1. The average molecular weight is 401 g/mol. The Hall–Kier alpha value is -2.99. The topological polar surface area (TPSA) is 50.5 Å². The number of carbonyl (C=O) groups is 1. The van der Waals surface area contributed by atoms with Crippen LogP contribution >= 0.6 is 11.3 Å². The normalized spacial score (nSPS) is 18.1. The third-order valence-electron chi connectivity index (χ3n) is 6.10. The summed E-state index contributed by atoms with van der Waals surface area (Å²) >= 11 is 1.64. The molecule has 29 heavy (non-hydrogen) atoms. The summed E-state index contributed by atoms with van der Waals surface area (Å²) in [6, 6.07) is 16.5. The van der Waals surface area contributed by atoms with Crippen molar-refractivity contribution in [2.24, 2.45) is 0 Å². The second kappa shape index (κ2) is 6.52. The van der Waals surface area contributed by atoms with E-state index in [0.717, 1.165) is 48.6 Å². The Morgan fingerprint density at radius 2 is 1.90 bits per heavy atom. The summed E-state index contributed by atoms with van der Waals surface area (Å²) in [6.45, 7) is 0.768. The number of rotatable bonds is 2.